The second-order valence-electron chi connectivity index (χ2n) is 5.01. The van der Waals surface area contributed by atoms with Crippen molar-refractivity contribution in [1.82, 2.24) is 4.90 Å². The summed E-state index contributed by atoms with van der Waals surface area (Å²) in [5, 5.41) is 10.1. The number of β-amino-alcohol motifs (C(OH)–C–C–N with tert-alkyl or cyclic N) is 1. The van der Waals surface area contributed by atoms with Crippen LogP contribution in [0.4, 0.5) is 0 Å². The summed E-state index contributed by atoms with van der Waals surface area (Å²) in [6.45, 7) is 1.14. The van der Waals surface area contributed by atoms with Crippen LogP contribution in [0.15, 0.2) is 16.5 Å². The first kappa shape index (κ1) is 10.8. The Hall–Kier alpha value is -1.33. The third kappa shape index (κ3) is 1.75. The molecule has 1 saturated carbocycles. The summed E-state index contributed by atoms with van der Waals surface area (Å²) in [7, 11) is 0. The van der Waals surface area contributed by atoms with Gasteiger partial charge in [0, 0.05) is 0 Å². The molecule has 0 radical (unpaired) electrons. The smallest absolute Gasteiger partial charge is 0.289 e. The summed E-state index contributed by atoms with van der Waals surface area (Å²) in [5.74, 6) is 1.15. The number of carbonyl (C=O) groups is 1. The van der Waals surface area contributed by atoms with E-state index in [0.717, 1.165) is 12.8 Å². The topological polar surface area (TPSA) is 79.7 Å². The van der Waals surface area contributed by atoms with Crippen LogP contribution in [0.1, 0.15) is 29.2 Å². The van der Waals surface area contributed by atoms with E-state index in [9.17, 15) is 9.90 Å². The molecule has 0 unspecified atom stereocenters. The fourth-order valence-corrected chi connectivity index (χ4v) is 2.40. The molecule has 1 aromatic rings. The van der Waals surface area contributed by atoms with Gasteiger partial charge in [-0.25, -0.2) is 0 Å². The average Bonchev–Trinajstić information content (AvgIpc) is 3.02. The fourth-order valence-electron chi connectivity index (χ4n) is 2.40. The fraction of sp³-hybridized carbons (Fsp3) is 0.583. The minimum absolute atomic E-state index is 0.157. The Bertz CT molecular complexity index is 444. The third-order valence-corrected chi connectivity index (χ3v) is 3.63. The van der Waals surface area contributed by atoms with E-state index in [0.29, 0.717) is 37.1 Å². The lowest BCUT2D eigenvalue weighted by Gasteiger charge is -2.46. The van der Waals surface area contributed by atoms with Crippen LogP contribution >= 0.6 is 0 Å². The molecule has 5 heteroatoms. The molecule has 0 spiro atoms. The SMILES string of the molecule is NCc1ccc(C(=O)N2CC(O)(C3CC3)C2)o1. The number of aliphatic hydroxyl groups is 1. The first-order chi connectivity index (χ1) is 8.12. The van der Waals surface area contributed by atoms with Crippen molar-refractivity contribution < 1.29 is 14.3 Å². The van der Waals surface area contributed by atoms with Gasteiger partial charge in [-0.2, -0.15) is 0 Å². The maximum absolute atomic E-state index is 12.0. The van der Waals surface area contributed by atoms with Crippen molar-refractivity contribution in [3.8, 4) is 0 Å². The quantitative estimate of drug-likeness (QED) is 0.793. The zero-order valence-electron chi connectivity index (χ0n) is 9.56. The van der Waals surface area contributed by atoms with Crippen molar-refractivity contribution in [2.75, 3.05) is 13.1 Å². The van der Waals surface area contributed by atoms with E-state index < -0.39 is 5.60 Å². The van der Waals surface area contributed by atoms with Crippen LogP contribution in [0, 0.1) is 5.92 Å². The van der Waals surface area contributed by atoms with Gasteiger partial charge in [-0.3, -0.25) is 4.79 Å². The molecule has 0 atom stereocenters. The molecule has 3 rings (SSSR count). The van der Waals surface area contributed by atoms with Gasteiger partial charge < -0.3 is 20.2 Å². The summed E-state index contributed by atoms with van der Waals surface area (Å²) in [6.07, 6.45) is 2.16. The van der Waals surface area contributed by atoms with Crippen LogP contribution in [-0.4, -0.2) is 34.6 Å². The molecule has 2 fully saturated rings. The van der Waals surface area contributed by atoms with Crippen molar-refractivity contribution in [1.29, 1.82) is 0 Å². The van der Waals surface area contributed by atoms with Crippen LogP contribution in [0.2, 0.25) is 0 Å². The maximum Gasteiger partial charge on any atom is 0.289 e. The summed E-state index contributed by atoms with van der Waals surface area (Å²) in [4.78, 5) is 13.6. The van der Waals surface area contributed by atoms with Crippen LogP contribution in [0.5, 0.6) is 0 Å². The summed E-state index contributed by atoms with van der Waals surface area (Å²) < 4.78 is 5.30. The molecule has 1 aromatic heterocycles. The molecule has 1 amide bonds. The predicted octanol–water partition coefficient (Wildman–Crippen LogP) is 0.335. The largest absolute Gasteiger partial charge is 0.455 e. The Morgan fingerprint density at radius 3 is 2.76 bits per heavy atom. The monoisotopic (exact) mass is 236 g/mol. The third-order valence-electron chi connectivity index (χ3n) is 3.63. The number of likely N-dealkylation sites (tertiary alicyclic amines) is 1. The highest BCUT2D eigenvalue weighted by Crippen LogP contribution is 2.44. The number of hydrogen-bond acceptors (Lipinski definition) is 4. The van der Waals surface area contributed by atoms with Crippen molar-refractivity contribution in [3.63, 3.8) is 0 Å². The molecule has 1 aliphatic carbocycles. The normalized spacial score (nSPS) is 22.4. The minimum Gasteiger partial charge on any atom is -0.455 e. The number of furan rings is 1. The van der Waals surface area contributed by atoms with E-state index >= 15 is 0 Å². The Morgan fingerprint density at radius 2 is 2.24 bits per heavy atom. The lowest BCUT2D eigenvalue weighted by Crippen LogP contribution is -2.64. The molecule has 2 heterocycles. The lowest BCUT2D eigenvalue weighted by atomic mass is 9.88. The molecule has 17 heavy (non-hydrogen) atoms. The number of carbonyl (C=O) groups excluding carboxylic acids is 1. The van der Waals surface area contributed by atoms with Gasteiger partial charge in [0.05, 0.1) is 19.6 Å². The van der Waals surface area contributed by atoms with E-state index in [1.165, 1.54) is 0 Å². The molecule has 5 nitrogen and oxygen atoms in total. The highest BCUT2D eigenvalue weighted by atomic mass is 16.4. The van der Waals surface area contributed by atoms with Crippen molar-refractivity contribution in [3.05, 3.63) is 23.7 Å². The van der Waals surface area contributed by atoms with Crippen LogP contribution in [0.25, 0.3) is 0 Å². The van der Waals surface area contributed by atoms with Crippen LogP contribution < -0.4 is 5.73 Å². The van der Waals surface area contributed by atoms with Gasteiger partial charge >= 0.3 is 0 Å². The zero-order valence-corrected chi connectivity index (χ0v) is 9.56. The van der Waals surface area contributed by atoms with Gasteiger partial charge in [0.25, 0.3) is 5.91 Å². The molecule has 0 aromatic carbocycles. The molecule has 1 aliphatic heterocycles. The van der Waals surface area contributed by atoms with Crippen molar-refractivity contribution in [2.24, 2.45) is 11.7 Å². The Balaban J connectivity index is 1.64. The van der Waals surface area contributed by atoms with Gasteiger partial charge in [0.1, 0.15) is 11.4 Å². The highest BCUT2D eigenvalue weighted by Gasteiger charge is 2.53. The van der Waals surface area contributed by atoms with Crippen molar-refractivity contribution in [2.45, 2.75) is 25.0 Å². The number of hydrogen-bond donors (Lipinski definition) is 2. The molecule has 92 valence electrons. The Labute approximate surface area is 99.2 Å². The lowest BCUT2D eigenvalue weighted by molar-refractivity contribution is -0.0965. The second-order valence-corrected chi connectivity index (χ2v) is 5.01. The molecule has 1 saturated heterocycles. The molecule has 3 N–H and O–H groups in total. The van der Waals surface area contributed by atoms with Crippen LogP contribution in [0.3, 0.4) is 0 Å². The average molecular weight is 236 g/mol. The number of nitrogens with zero attached hydrogens (tertiary/aromatic N) is 1. The standard InChI is InChI=1S/C12H16N2O3/c13-5-9-3-4-10(17-9)11(15)14-6-12(16,7-14)8-1-2-8/h3-4,8,16H,1-2,5-7,13H2. The van der Waals surface area contributed by atoms with E-state index in [4.69, 9.17) is 10.2 Å². The van der Waals surface area contributed by atoms with Gasteiger partial charge in [0.15, 0.2) is 5.76 Å². The number of rotatable bonds is 3. The molecular weight excluding hydrogens is 220 g/mol. The van der Waals surface area contributed by atoms with E-state index in [2.05, 4.69) is 0 Å². The van der Waals surface area contributed by atoms with E-state index in [-0.39, 0.29) is 5.91 Å². The van der Waals surface area contributed by atoms with Gasteiger partial charge in [-0.15, -0.1) is 0 Å². The molecule has 0 bridgehead atoms. The zero-order chi connectivity index (χ0) is 12.0. The first-order valence-electron chi connectivity index (χ1n) is 5.93. The highest BCUT2D eigenvalue weighted by molar-refractivity contribution is 5.92. The Kier molecular flexibility index (Phi) is 2.27. The number of nitrogens with two attached hydrogens (primary N) is 1. The van der Waals surface area contributed by atoms with Gasteiger partial charge in [-0.05, 0) is 30.9 Å². The van der Waals surface area contributed by atoms with E-state index in [1.54, 1.807) is 17.0 Å². The van der Waals surface area contributed by atoms with Crippen molar-refractivity contribution >= 4 is 5.91 Å². The first-order valence-corrected chi connectivity index (χ1v) is 5.93. The molecule has 2 aliphatic rings. The number of amides is 1. The second kappa shape index (κ2) is 3.58. The minimum atomic E-state index is -0.640. The van der Waals surface area contributed by atoms with Gasteiger partial charge in [-0.1, -0.05) is 0 Å². The van der Waals surface area contributed by atoms with Crippen LogP contribution in [-0.2, 0) is 6.54 Å². The summed E-state index contributed by atoms with van der Waals surface area (Å²) >= 11 is 0. The van der Waals surface area contributed by atoms with E-state index in [1.807, 2.05) is 0 Å². The maximum atomic E-state index is 12.0. The predicted molar refractivity (Wildman–Crippen MR) is 60.2 cm³/mol. The summed E-state index contributed by atoms with van der Waals surface area (Å²) in [6, 6.07) is 3.35. The molecular formula is C12H16N2O3. The van der Waals surface area contributed by atoms with Gasteiger partial charge in [0.2, 0.25) is 0 Å². The Morgan fingerprint density at radius 1 is 1.53 bits per heavy atom. The summed E-state index contributed by atoms with van der Waals surface area (Å²) in [5.41, 5.74) is 4.78.